The summed E-state index contributed by atoms with van der Waals surface area (Å²) in [5.41, 5.74) is 9.21. The molecule has 0 atom stereocenters. The molecule has 0 fully saturated rings. The van der Waals surface area contributed by atoms with Gasteiger partial charge in [0.05, 0.1) is 16.6 Å². The summed E-state index contributed by atoms with van der Waals surface area (Å²) in [5, 5.41) is 15.5. The number of pyridine rings is 1. The number of hydrogen-bond donors (Lipinski definition) is 4. The number of nitrogens with two attached hydrogens (primary N) is 1. The molecule has 1 amide bonds. The van der Waals surface area contributed by atoms with E-state index < -0.39 is 29.3 Å². The van der Waals surface area contributed by atoms with E-state index in [1.807, 2.05) is 53.2 Å². The number of anilines is 2. The van der Waals surface area contributed by atoms with E-state index in [1.54, 1.807) is 0 Å². The van der Waals surface area contributed by atoms with Crippen molar-refractivity contribution >= 4 is 28.3 Å². The normalized spacial score (nSPS) is 11.6. The predicted molar refractivity (Wildman–Crippen MR) is 158 cm³/mol. The molecule has 5 N–H and O–H groups in total. The van der Waals surface area contributed by atoms with Crippen LogP contribution in [0.1, 0.15) is 33.5 Å². The van der Waals surface area contributed by atoms with Crippen LogP contribution < -0.4 is 16.4 Å². The van der Waals surface area contributed by atoms with Gasteiger partial charge in [-0.3, -0.25) is 4.79 Å². The van der Waals surface area contributed by atoms with Crippen molar-refractivity contribution in [3.8, 4) is 11.1 Å². The van der Waals surface area contributed by atoms with Gasteiger partial charge in [-0.1, -0.05) is 36.4 Å². The highest BCUT2D eigenvalue weighted by Gasteiger charge is 2.32. The van der Waals surface area contributed by atoms with E-state index in [-0.39, 0.29) is 36.6 Å². The minimum absolute atomic E-state index is 0.0599. The summed E-state index contributed by atoms with van der Waals surface area (Å²) in [6, 6.07) is 16.9. The van der Waals surface area contributed by atoms with Gasteiger partial charge in [0, 0.05) is 55.3 Å². The standard InChI is InChI=1S/C32H28F5N5O2/c33-25-10-7-20(13-26(25)34)16-41-31(44)23-14-22(32(35,36)37)17-40-30(23)39-15-19-5-8-21(9-6-19)24-18-42(11-2-12-43)28-4-1-3-27(38)29(24)28/h1,3-10,13-14,17-18,43H,2,11-12,15-16,38H2,(H,39,40)(H,41,44). The third-order valence-electron chi connectivity index (χ3n) is 7.12. The van der Waals surface area contributed by atoms with Crippen molar-refractivity contribution in [2.45, 2.75) is 32.2 Å². The number of alkyl halides is 3. The number of aromatic nitrogens is 2. The Morgan fingerprint density at radius 3 is 2.41 bits per heavy atom. The Morgan fingerprint density at radius 1 is 0.955 bits per heavy atom. The molecular formula is C32H28F5N5O2. The molecular weight excluding hydrogens is 581 g/mol. The van der Waals surface area contributed by atoms with Crippen LogP contribution in [0.15, 0.2) is 79.1 Å². The van der Waals surface area contributed by atoms with Gasteiger partial charge >= 0.3 is 6.18 Å². The number of aliphatic hydroxyl groups excluding tert-OH is 1. The number of aryl methyl sites for hydroxylation is 1. The summed E-state index contributed by atoms with van der Waals surface area (Å²) in [5.74, 6) is -3.12. The second-order valence-corrected chi connectivity index (χ2v) is 10.2. The van der Waals surface area contributed by atoms with Crippen molar-refractivity contribution in [3.63, 3.8) is 0 Å². The first-order valence-electron chi connectivity index (χ1n) is 13.7. The lowest BCUT2D eigenvalue weighted by Crippen LogP contribution is -2.25. The predicted octanol–water partition coefficient (Wildman–Crippen LogP) is 6.51. The van der Waals surface area contributed by atoms with Gasteiger partial charge < -0.3 is 26.0 Å². The maximum Gasteiger partial charge on any atom is 0.417 e. The van der Waals surface area contributed by atoms with Crippen LogP contribution in [0.2, 0.25) is 0 Å². The molecule has 0 saturated carbocycles. The molecule has 3 aromatic carbocycles. The molecule has 0 aliphatic heterocycles. The van der Waals surface area contributed by atoms with E-state index >= 15 is 0 Å². The average Bonchev–Trinajstić information content (AvgIpc) is 3.39. The van der Waals surface area contributed by atoms with Crippen LogP contribution >= 0.6 is 0 Å². The maximum atomic E-state index is 13.5. The van der Waals surface area contributed by atoms with Gasteiger partial charge in [-0.15, -0.1) is 0 Å². The van der Waals surface area contributed by atoms with Crippen molar-refractivity contribution in [2.75, 3.05) is 17.7 Å². The summed E-state index contributed by atoms with van der Waals surface area (Å²) in [6.45, 7) is 0.580. The van der Waals surface area contributed by atoms with Gasteiger partial charge in [-0.05, 0) is 53.4 Å². The Hall–Kier alpha value is -4.97. The van der Waals surface area contributed by atoms with Crippen LogP contribution in [0.25, 0.3) is 22.0 Å². The molecule has 2 heterocycles. The van der Waals surface area contributed by atoms with Gasteiger partial charge in [0.15, 0.2) is 11.6 Å². The number of nitrogens with one attached hydrogen (secondary N) is 2. The van der Waals surface area contributed by atoms with Crippen LogP contribution in [0.4, 0.5) is 33.5 Å². The number of fused-ring (bicyclic) bond motifs is 1. The van der Waals surface area contributed by atoms with Crippen molar-refractivity contribution in [1.82, 2.24) is 14.9 Å². The molecule has 228 valence electrons. The largest absolute Gasteiger partial charge is 0.417 e. The van der Waals surface area contributed by atoms with E-state index in [0.717, 1.165) is 39.7 Å². The van der Waals surface area contributed by atoms with Gasteiger partial charge in [0.1, 0.15) is 5.82 Å². The third kappa shape index (κ3) is 6.65. The first kappa shape index (κ1) is 30.5. The first-order chi connectivity index (χ1) is 21.0. The fourth-order valence-corrected chi connectivity index (χ4v) is 4.87. The third-order valence-corrected chi connectivity index (χ3v) is 7.12. The van der Waals surface area contributed by atoms with Gasteiger partial charge in [0.25, 0.3) is 5.91 Å². The Morgan fingerprint density at radius 2 is 1.70 bits per heavy atom. The number of hydrogen-bond acceptors (Lipinski definition) is 5. The van der Waals surface area contributed by atoms with E-state index in [2.05, 4.69) is 15.6 Å². The van der Waals surface area contributed by atoms with Crippen molar-refractivity contribution < 1.29 is 31.9 Å². The monoisotopic (exact) mass is 609 g/mol. The summed E-state index contributed by atoms with van der Waals surface area (Å²) < 4.78 is 69.1. The SMILES string of the molecule is Nc1cccc2c1c(-c1ccc(CNc3ncc(C(F)(F)F)cc3C(=O)NCc3ccc(F)c(F)c3)cc1)cn2CCCO. The summed E-state index contributed by atoms with van der Waals surface area (Å²) >= 11 is 0. The van der Waals surface area contributed by atoms with Crippen molar-refractivity contribution in [2.24, 2.45) is 0 Å². The number of carbonyl (C=O) groups is 1. The fraction of sp³-hybridized carbons (Fsp3) is 0.188. The Balaban J connectivity index is 1.35. The van der Waals surface area contributed by atoms with Crippen LogP contribution in [0.3, 0.4) is 0 Å². The maximum absolute atomic E-state index is 13.5. The quantitative estimate of drug-likeness (QED) is 0.107. The number of nitrogens with zero attached hydrogens (tertiary/aromatic N) is 2. The molecule has 0 radical (unpaired) electrons. The Labute approximate surface area is 249 Å². The van der Waals surface area contributed by atoms with Crippen LogP contribution in [0.5, 0.6) is 0 Å². The topological polar surface area (TPSA) is 105 Å². The minimum atomic E-state index is -4.74. The highest BCUT2D eigenvalue weighted by Crippen LogP contribution is 2.35. The van der Waals surface area contributed by atoms with E-state index in [4.69, 9.17) is 5.73 Å². The van der Waals surface area contributed by atoms with Crippen LogP contribution in [-0.2, 0) is 25.8 Å². The Kier molecular flexibility index (Phi) is 8.81. The second-order valence-electron chi connectivity index (χ2n) is 10.2. The number of nitrogen functional groups attached to an aromatic ring is 1. The first-order valence-corrected chi connectivity index (χ1v) is 13.7. The highest BCUT2D eigenvalue weighted by atomic mass is 19.4. The molecule has 0 saturated heterocycles. The molecule has 5 rings (SSSR count). The number of carbonyl (C=O) groups excluding carboxylic acids is 1. The van der Waals surface area contributed by atoms with Crippen LogP contribution in [-0.4, -0.2) is 27.2 Å². The molecule has 0 unspecified atom stereocenters. The van der Waals surface area contributed by atoms with Crippen molar-refractivity contribution in [3.05, 3.63) is 113 Å². The molecule has 0 spiro atoms. The molecule has 12 heteroatoms. The summed E-state index contributed by atoms with van der Waals surface area (Å²) in [7, 11) is 0. The van der Waals surface area contributed by atoms with Crippen molar-refractivity contribution in [1.29, 1.82) is 0 Å². The molecule has 0 aliphatic rings. The second kappa shape index (κ2) is 12.7. The lowest BCUT2D eigenvalue weighted by Gasteiger charge is -2.15. The average molecular weight is 610 g/mol. The number of rotatable bonds is 10. The summed E-state index contributed by atoms with van der Waals surface area (Å²) in [6.07, 6.45) is -1.53. The van der Waals surface area contributed by atoms with E-state index in [9.17, 15) is 31.9 Å². The highest BCUT2D eigenvalue weighted by molar-refractivity contribution is 6.03. The number of amides is 1. The van der Waals surface area contributed by atoms with Gasteiger partial charge in [-0.25, -0.2) is 13.8 Å². The molecule has 0 aliphatic carbocycles. The molecule has 7 nitrogen and oxygen atoms in total. The minimum Gasteiger partial charge on any atom is -0.398 e. The molecule has 5 aromatic rings. The smallest absolute Gasteiger partial charge is 0.398 e. The molecule has 0 bridgehead atoms. The summed E-state index contributed by atoms with van der Waals surface area (Å²) in [4.78, 5) is 16.8. The number of aliphatic hydroxyl groups is 1. The Bertz CT molecular complexity index is 1800. The lowest BCUT2D eigenvalue weighted by molar-refractivity contribution is -0.137. The fourth-order valence-electron chi connectivity index (χ4n) is 4.87. The zero-order valence-corrected chi connectivity index (χ0v) is 23.3. The zero-order valence-electron chi connectivity index (χ0n) is 23.3. The molecule has 2 aromatic heterocycles. The van der Waals surface area contributed by atoms with E-state index in [0.29, 0.717) is 30.9 Å². The zero-order chi connectivity index (χ0) is 31.4. The number of halogens is 5. The molecule has 44 heavy (non-hydrogen) atoms. The van der Waals surface area contributed by atoms with Gasteiger partial charge in [0.2, 0.25) is 0 Å². The van der Waals surface area contributed by atoms with E-state index in [1.165, 1.54) is 6.07 Å². The lowest BCUT2D eigenvalue weighted by atomic mass is 10.0. The van der Waals surface area contributed by atoms with Crippen LogP contribution in [0, 0.1) is 11.6 Å². The number of benzene rings is 3. The van der Waals surface area contributed by atoms with Gasteiger partial charge in [-0.2, -0.15) is 13.2 Å².